The van der Waals surface area contributed by atoms with E-state index >= 15 is 0 Å². The fourth-order valence-electron chi connectivity index (χ4n) is 2.27. The molecule has 108 valence electrons. The first-order valence-corrected chi connectivity index (χ1v) is 7.28. The summed E-state index contributed by atoms with van der Waals surface area (Å²) in [5.41, 5.74) is 3.23. The molecule has 3 aromatic rings. The van der Waals surface area contributed by atoms with Crippen molar-refractivity contribution in [2.45, 2.75) is 20.3 Å². The lowest BCUT2D eigenvalue weighted by Gasteiger charge is -2.10. The summed E-state index contributed by atoms with van der Waals surface area (Å²) in [7, 11) is 0. The highest BCUT2D eigenvalue weighted by molar-refractivity contribution is 5.92. The Kier molecular flexibility index (Phi) is 3.86. The first-order valence-electron chi connectivity index (χ1n) is 7.28. The van der Waals surface area contributed by atoms with Gasteiger partial charge in [0.25, 0.3) is 0 Å². The van der Waals surface area contributed by atoms with E-state index in [-0.39, 0.29) is 0 Å². The van der Waals surface area contributed by atoms with E-state index in [0.717, 1.165) is 40.0 Å². The third-order valence-corrected chi connectivity index (χ3v) is 3.18. The van der Waals surface area contributed by atoms with Gasteiger partial charge in [-0.1, -0.05) is 19.1 Å². The maximum Gasteiger partial charge on any atom is 0.147 e. The molecule has 0 saturated carbocycles. The van der Waals surface area contributed by atoms with Gasteiger partial charge in [0.15, 0.2) is 0 Å². The van der Waals surface area contributed by atoms with Crippen LogP contribution in [0.5, 0.6) is 11.5 Å². The van der Waals surface area contributed by atoms with Gasteiger partial charge in [0.2, 0.25) is 0 Å². The highest BCUT2D eigenvalue weighted by Crippen LogP contribution is 2.28. The summed E-state index contributed by atoms with van der Waals surface area (Å²) in [4.78, 5) is 9.40. The van der Waals surface area contributed by atoms with E-state index < -0.39 is 0 Å². The molecular weight excluding hydrogens is 264 g/mol. The van der Waals surface area contributed by atoms with Crippen LogP contribution in [0, 0.1) is 0 Å². The molecule has 0 saturated heterocycles. The first kappa shape index (κ1) is 13.6. The Morgan fingerprint density at radius 2 is 1.38 bits per heavy atom. The van der Waals surface area contributed by atoms with Crippen LogP contribution in [0.4, 0.5) is 0 Å². The number of fused-ring (bicyclic) bond motifs is 2. The molecule has 0 unspecified atom stereocenters. The Hall–Kier alpha value is -2.36. The number of nitrogens with zero attached hydrogens (tertiary/aromatic N) is 2. The van der Waals surface area contributed by atoms with Gasteiger partial charge in [0, 0.05) is 0 Å². The van der Waals surface area contributed by atoms with Crippen molar-refractivity contribution in [3.05, 3.63) is 36.4 Å². The van der Waals surface area contributed by atoms with Crippen LogP contribution in [-0.2, 0) is 0 Å². The summed E-state index contributed by atoms with van der Waals surface area (Å²) >= 11 is 0. The second-order valence-corrected chi connectivity index (χ2v) is 4.75. The summed E-state index contributed by atoms with van der Waals surface area (Å²) in [5.74, 6) is 1.55. The van der Waals surface area contributed by atoms with E-state index in [1.807, 2.05) is 43.3 Å². The molecule has 21 heavy (non-hydrogen) atoms. The molecule has 0 amide bonds. The van der Waals surface area contributed by atoms with Crippen LogP contribution in [0.25, 0.3) is 22.1 Å². The Morgan fingerprint density at radius 1 is 0.810 bits per heavy atom. The highest BCUT2D eigenvalue weighted by atomic mass is 16.5. The molecular formula is C17H18N2O2. The number of ether oxygens (including phenoxy) is 2. The monoisotopic (exact) mass is 282 g/mol. The molecule has 0 bridgehead atoms. The third kappa shape index (κ3) is 2.61. The van der Waals surface area contributed by atoms with Crippen molar-refractivity contribution in [3.8, 4) is 11.5 Å². The lowest BCUT2D eigenvalue weighted by molar-refractivity contribution is 0.320. The number of hydrogen-bond acceptors (Lipinski definition) is 4. The van der Waals surface area contributed by atoms with Crippen molar-refractivity contribution in [1.29, 1.82) is 0 Å². The predicted octanol–water partition coefficient (Wildman–Crippen LogP) is 3.97. The minimum absolute atomic E-state index is 0.610. The van der Waals surface area contributed by atoms with E-state index in [0.29, 0.717) is 13.2 Å². The van der Waals surface area contributed by atoms with Crippen LogP contribution < -0.4 is 9.47 Å². The van der Waals surface area contributed by atoms with Gasteiger partial charge >= 0.3 is 0 Å². The first-order chi connectivity index (χ1) is 10.3. The average molecular weight is 282 g/mol. The summed E-state index contributed by atoms with van der Waals surface area (Å²) < 4.78 is 11.4. The van der Waals surface area contributed by atoms with Gasteiger partial charge in [-0.05, 0) is 37.6 Å². The molecule has 0 spiro atoms. The number of para-hydroxylation sites is 2. The second-order valence-electron chi connectivity index (χ2n) is 4.75. The fourth-order valence-corrected chi connectivity index (χ4v) is 2.27. The molecule has 3 rings (SSSR count). The van der Waals surface area contributed by atoms with E-state index in [1.165, 1.54) is 0 Å². The summed E-state index contributed by atoms with van der Waals surface area (Å²) in [5, 5.41) is 0. The second kappa shape index (κ2) is 5.95. The fraction of sp³-hybridized carbons (Fsp3) is 0.294. The minimum atomic E-state index is 0.610. The van der Waals surface area contributed by atoms with E-state index in [4.69, 9.17) is 19.4 Å². The molecule has 1 aromatic heterocycles. The molecule has 0 fully saturated rings. The maximum atomic E-state index is 5.76. The third-order valence-electron chi connectivity index (χ3n) is 3.18. The Labute approximate surface area is 123 Å². The van der Waals surface area contributed by atoms with Crippen molar-refractivity contribution in [2.75, 3.05) is 13.2 Å². The molecule has 0 aliphatic heterocycles. The number of hydrogen-bond donors (Lipinski definition) is 0. The molecule has 0 N–H and O–H groups in total. The predicted molar refractivity (Wildman–Crippen MR) is 84.0 cm³/mol. The normalized spacial score (nSPS) is 11.0. The quantitative estimate of drug-likeness (QED) is 0.664. The van der Waals surface area contributed by atoms with Gasteiger partial charge in [-0.15, -0.1) is 0 Å². The van der Waals surface area contributed by atoms with Crippen molar-refractivity contribution in [2.24, 2.45) is 0 Å². The molecule has 0 radical (unpaired) electrons. The summed E-state index contributed by atoms with van der Waals surface area (Å²) in [6.45, 7) is 5.33. The van der Waals surface area contributed by atoms with Crippen LogP contribution >= 0.6 is 0 Å². The standard InChI is InChI=1S/C17H18N2O2/c1-3-11-21-15-10-6-8-13-17(15)19-12-7-5-9-14(20-4-2)16(12)18-13/h5-10H,3-4,11H2,1-2H3. The van der Waals surface area contributed by atoms with Crippen molar-refractivity contribution in [1.82, 2.24) is 9.97 Å². The van der Waals surface area contributed by atoms with Crippen molar-refractivity contribution < 1.29 is 9.47 Å². The molecule has 2 aromatic carbocycles. The van der Waals surface area contributed by atoms with Gasteiger partial charge < -0.3 is 9.47 Å². The molecule has 1 heterocycles. The molecule has 0 aliphatic rings. The van der Waals surface area contributed by atoms with E-state index in [9.17, 15) is 0 Å². The van der Waals surface area contributed by atoms with Crippen LogP contribution in [0.15, 0.2) is 36.4 Å². The van der Waals surface area contributed by atoms with E-state index in [1.54, 1.807) is 0 Å². The van der Waals surface area contributed by atoms with Gasteiger partial charge in [0.1, 0.15) is 22.5 Å². The molecule has 0 atom stereocenters. The zero-order valence-corrected chi connectivity index (χ0v) is 12.3. The van der Waals surface area contributed by atoms with Crippen molar-refractivity contribution >= 4 is 22.1 Å². The minimum Gasteiger partial charge on any atom is -0.492 e. The van der Waals surface area contributed by atoms with Gasteiger partial charge in [-0.3, -0.25) is 0 Å². The van der Waals surface area contributed by atoms with Gasteiger partial charge in [0.05, 0.1) is 24.2 Å². The number of benzene rings is 2. The lowest BCUT2D eigenvalue weighted by atomic mass is 10.2. The lowest BCUT2D eigenvalue weighted by Crippen LogP contribution is -1.99. The topological polar surface area (TPSA) is 44.2 Å². The molecule has 0 aliphatic carbocycles. The van der Waals surface area contributed by atoms with Gasteiger partial charge in [-0.2, -0.15) is 0 Å². The zero-order valence-electron chi connectivity index (χ0n) is 12.3. The smallest absolute Gasteiger partial charge is 0.147 e. The average Bonchev–Trinajstić information content (AvgIpc) is 2.52. The zero-order chi connectivity index (χ0) is 14.7. The number of rotatable bonds is 5. The molecule has 4 nitrogen and oxygen atoms in total. The summed E-state index contributed by atoms with van der Waals surface area (Å²) in [6, 6.07) is 11.6. The van der Waals surface area contributed by atoms with Crippen LogP contribution in [0.2, 0.25) is 0 Å². The van der Waals surface area contributed by atoms with Crippen LogP contribution in [-0.4, -0.2) is 23.2 Å². The number of aromatic nitrogens is 2. The Balaban J connectivity index is 2.19. The van der Waals surface area contributed by atoms with E-state index in [2.05, 4.69) is 6.92 Å². The SMILES string of the molecule is CCCOc1cccc2nc3c(OCC)cccc3nc12. The van der Waals surface area contributed by atoms with Crippen molar-refractivity contribution in [3.63, 3.8) is 0 Å². The summed E-state index contributed by atoms with van der Waals surface area (Å²) in [6.07, 6.45) is 0.964. The maximum absolute atomic E-state index is 5.76. The Bertz CT molecular complexity index is 771. The largest absolute Gasteiger partial charge is 0.492 e. The molecule has 4 heteroatoms. The highest BCUT2D eigenvalue weighted by Gasteiger charge is 2.10. The van der Waals surface area contributed by atoms with Crippen LogP contribution in [0.1, 0.15) is 20.3 Å². The van der Waals surface area contributed by atoms with Gasteiger partial charge in [-0.25, -0.2) is 9.97 Å². The Morgan fingerprint density at radius 3 is 1.90 bits per heavy atom. The van der Waals surface area contributed by atoms with Crippen LogP contribution in [0.3, 0.4) is 0 Å².